The Morgan fingerprint density at radius 1 is 1.21 bits per heavy atom. The number of amides is 1. The summed E-state index contributed by atoms with van der Waals surface area (Å²) in [5, 5.41) is 4.12. The maximum absolute atomic E-state index is 13.1. The van der Waals surface area contributed by atoms with Crippen LogP contribution in [0.5, 0.6) is 0 Å². The average Bonchev–Trinajstić information content (AvgIpc) is 3.46. The van der Waals surface area contributed by atoms with Crippen molar-refractivity contribution in [2.45, 2.75) is 58.4 Å². The van der Waals surface area contributed by atoms with E-state index in [4.69, 9.17) is 4.52 Å². The van der Waals surface area contributed by atoms with Crippen LogP contribution < -0.4 is 0 Å². The van der Waals surface area contributed by atoms with E-state index in [-0.39, 0.29) is 11.8 Å². The molecule has 0 spiro atoms. The first kappa shape index (κ1) is 19.0. The highest BCUT2D eigenvalue weighted by molar-refractivity contribution is 5.95. The van der Waals surface area contributed by atoms with Gasteiger partial charge in [0.1, 0.15) is 5.82 Å². The van der Waals surface area contributed by atoms with Gasteiger partial charge in [0.05, 0.1) is 17.8 Å². The van der Waals surface area contributed by atoms with Crippen LogP contribution in [0.4, 0.5) is 0 Å². The van der Waals surface area contributed by atoms with E-state index in [0.717, 1.165) is 56.3 Å². The van der Waals surface area contributed by atoms with Gasteiger partial charge in [-0.25, -0.2) is 9.97 Å². The topological polar surface area (TPSA) is 88.3 Å². The molecule has 1 saturated carbocycles. The molecule has 3 heterocycles. The van der Waals surface area contributed by atoms with Crippen LogP contribution in [-0.4, -0.2) is 62.0 Å². The largest absolute Gasteiger partial charge is 0.339 e. The summed E-state index contributed by atoms with van der Waals surface area (Å²) in [6.07, 6.45) is 4.91. The number of hydrogen-bond acceptors (Lipinski definition) is 7. The number of rotatable bonds is 5. The van der Waals surface area contributed by atoms with Gasteiger partial charge in [-0.1, -0.05) is 19.0 Å². The van der Waals surface area contributed by atoms with Crippen molar-refractivity contribution in [1.82, 2.24) is 29.9 Å². The zero-order valence-corrected chi connectivity index (χ0v) is 16.9. The van der Waals surface area contributed by atoms with Gasteiger partial charge in [0.25, 0.3) is 5.91 Å². The lowest BCUT2D eigenvalue weighted by atomic mass is 10.0. The third-order valence-electron chi connectivity index (χ3n) is 5.37. The van der Waals surface area contributed by atoms with E-state index in [1.165, 1.54) is 0 Å². The number of aryl methyl sites for hydroxylation is 1. The fraction of sp³-hybridized carbons (Fsp3) is 0.650. The van der Waals surface area contributed by atoms with Crippen molar-refractivity contribution in [2.24, 2.45) is 0 Å². The van der Waals surface area contributed by atoms with Gasteiger partial charge in [-0.3, -0.25) is 9.69 Å². The molecule has 150 valence electrons. The standard InChI is InChI=1S/C20H28N6O2/c1-13(2)18-16(11-21-14(3)22-18)20(27)26-8-4-7-25(9-10-26)12-17-23-19(28-24-17)15-5-6-15/h11,13,15H,4-10,12H2,1-3H3. The molecule has 1 aliphatic heterocycles. The molecule has 0 radical (unpaired) electrons. The summed E-state index contributed by atoms with van der Waals surface area (Å²) in [5.74, 6) is 2.92. The molecule has 8 heteroatoms. The fourth-order valence-electron chi connectivity index (χ4n) is 3.62. The predicted molar refractivity (Wildman–Crippen MR) is 103 cm³/mol. The molecule has 28 heavy (non-hydrogen) atoms. The van der Waals surface area contributed by atoms with E-state index in [1.807, 2.05) is 11.8 Å². The van der Waals surface area contributed by atoms with Crippen molar-refractivity contribution in [3.05, 3.63) is 35.0 Å². The van der Waals surface area contributed by atoms with E-state index < -0.39 is 0 Å². The number of aromatic nitrogens is 4. The Morgan fingerprint density at radius 2 is 2.04 bits per heavy atom. The Kier molecular flexibility index (Phi) is 5.39. The van der Waals surface area contributed by atoms with Gasteiger partial charge in [0, 0.05) is 38.3 Å². The highest BCUT2D eigenvalue weighted by Crippen LogP contribution is 2.38. The average molecular weight is 384 g/mol. The quantitative estimate of drug-likeness (QED) is 0.782. The molecule has 2 fully saturated rings. The van der Waals surface area contributed by atoms with Crippen LogP contribution in [0.2, 0.25) is 0 Å². The van der Waals surface area contributed by atoms with E-state index in [1.54, 1.807) is 6.20 Å². The maximum atomic E-state index is 13.1. The van der Waals surface area contributed by atoms with Crippen molar-refractivity contribution in [3.8, 4) is 0 Å². The lowest BCUT2D eigenvalue weighted by Crippen LogP contribution is -2.36. The van der Waals surface area contributed by atoms with Crippen molar-refractivity contribution >= 4 is 5.91 Å². The first-order valence-corrected chi connectivity index (χ1v) is 10.2. The highest BCUT2D eigenvalue weighted by atomic mass is 16.5. The van der Waals surface area contributed by atoms with Gasteiger partial charge < -0.3 is 9.42 Å². The molecule has 0 atom stereocenters. The lowest BCUT2D eigenvalue weighted by Gasteiger charge is -2.23. The summed E-state index contributed by atoms with van der Waals surface area (Å²) < 4.78 is 5.36. The normalized spacial score (nSPS) is 18.5. The zero-order valence-electron chi connectivity index (χ0n) is 16.9. The van der Waals surface area contributed by atoms with Gasteiger partial charge in [-0.2, -0.15) is 4.98 Å². The molecule has 0 unspecified atom stereocenters. The number of hydrogen-bond donors (Lipinski definition) is 0. The minimum absolute atomic E-state index is 0.0288. The van der Waals surface area contributed by atoms with Crippen molar-refractivity contribution in [1.29, 1.82) is 0 Å². The summed E-state index contributed by atoms with van der Waals surface area (Å²) in [4.78, 5) is 30.6. The number of carbonyl (C=O) groups excluding carboxylic acids is 1. The maximum Gasteiger partial charge on any atom is 0.257 e. The monoisotopic (exact) mass is 384 g/mol. The lowest BCUT2D eigenvalue weighted by molar-refractivity contribution is 0.0758. The van der Waals surface area contributed by atoms with E-state index in [9.17, 15) is 4.79 Å². The summed E-state index contributed by atoms with van der Waals surface area (Å²) in [6, 6.07) is 0. The van der Waals surface area contributed by atoms with Crippen molar-refractivity contribution in [2.75, 3.05) is 26.2 Å². The highest BCUT2D eigenvalue weighted by Gasteiger charge is 2.30. The first-order valence-electron chi connectivity index (χ1n) is 10.2. The van der Waals surface area contributed by atoms with E-state index in [0.29, 0.717) is 30.4 Å². The summed E-state index contributed by atoms with van der Waals surface area (Å²) in [6.45, 7) is 9.77. The Balaban J connectivity index is 1.40. The second-order valence-corrected chi connectivity index (χ2v) is 8.12. The van der Waals surface area contributed by atoms with E-state index >= 15 is 0 Å². The SMILES string of the molecule is Cc1ncc(C(=O)N2CCCN(Cc3noc(C4CC4)n3)CC2)c(C(C)C)n1. The smallest absolute Gasteiger partial charge is 0.257 e. The fourth-order valence-corrected chi connectivity index (χ4v) is 3.62. The van der Waals surface area contributed by atoms with E-state index in [2.05, 4.69) is 38.9 Å². The molecule has 0 N–H and O–H groups in total. The second kappa shape index (κ2) is 7.95. The van der Waals surface area contributed by atoms with Gasteiger partial charge in [0.2, 0.25) is 5.89 Å². The van der Waals surface area contributed by atoms with Gasteiger partial charge >= 0.3 is 0 Å². The Morgan fingerprint density at radius 3 is 2.79 bits per heavy atom. The van der Waals surface area contributed by atoms with Crippen LogP contribution in [0.3, 0.4) is 0 Å². The molecule has 1 saturated heterocycles. The van der Waals surface area contributed by atoms with Crippen LogP contribution in [0.15, 0.2) is 10.7 Å². The Labute approximate surface area is 165 Å². The predicted octanol–water partition coefficient (Wildman–Crippen LogP) is 2.52. The Bertz CT molecular complexity index is 845. The molecule has 0 aromatic carbocycles. The van der Waals surface area contributed by atoms with Crippen LogP contribution >= 0.6 is 0 Å². The summed E-state index contributed by atoms with van der Waals surface area (Å²) in [5.41, 5.74) is 1.46. The molecular formula is C20H28N6O2. The summed E-state index contributed by atoms with van der Waals surface area (Å²) in [7, 11) is 0. The molecule has 1 aliphatic carbocycles. The zero-order chi connectivity index (χ0) is 19.7. The molecular weight excluding hydrogens is 356 g/mol. The molecule has 0 bridgehead atoms. The minimum atomic E-state index is 0.0288. The number of nitrogens with zero attached hydrogens (tertiary/aromatic N) is 6. The van der Waals surface area contributed by atoms with Crippen LogP contribution in [0, 0.1) is 6.92 Å². The molecule has 2 aromatic rings. The minimum Gasteiger partial charge on any atom is -0.339 e. The van der Waals surface area contributed by atoms with Crippen molar-refractivity contribution in [3.63, 3.8) is 0 Å². The molecule has 8 nitrogen and oxygen atoms in total. The third-order valence-corrected chi connectivity index (χ3v) is 5.37. The third kappa shape index (κ3) is 4.22. The molecule has 2 aromatic heterocycles. The molecule has 4 rings (SSSR count). The Hall–Kier alpha value is -2.35. The van der Waals surface area contributed by atoms with Crippen LogP contribution in [-0.2, 0) is 6.54 Å². The molecule has 2 aliphatic rings. The van der Waals surface area contributed by atoms with Gasteiger partial charge in [-0.15, -0.1) is 0 Å². The van der Waals surface area contributed by atoms with Crippen molar-refractivity contribution < 1.29 is 9.32 Å². The molecule has 1 amide bonds. The van der Waals surface area contributed by atoms with Gasteiger partial charge in [0.15, 0.2) is 5.82 Å². The van der Waals surface area contributed by atoms with Crippen LogP contribution in [0.1, 0.15) is 78.5 Å². The first-order chi connectivity index (χ1) is 13.5. The second-order valence-electron chi connectivity index (χ2n) is 8.12. The van der Waals surface area contributed by atoms with Crippen LogP contribution in [0.25, 0.3) is 0 Å². The number of carbonyl (C=O) groups is 1. The van der Waals surface area contributed by atoms with Gasteiger partial charge in [-0.05, 0) is 32.1 Å². The summed E-state index contributed by atoms with van der Waals surface area (Å²) >= 11 is 0.